The van der Waals surface area contributed by atoms with Gasteiger partial charge in [-0.15, -0.1) is 0 Å². The molecule has 3 unspecified atom stereocenters. The van der Waals surface area contributed by atoms with Crippen molar-refractivity contribution < 1.29 is 43.5 Å². The second kappa shape index (κ2) is 13.4. The molecule has 2 aromatic heterocycles. The molecule has 1 aromatic carbocycles. The third-order valence-corrected chi connectivity index (χ3v) is 4.21. The van der Waals surface area contributed by atoms with Gasteiger partial charge in [-0.25, -0.2) is 14.4 Å². The van der Waals surface area contributed by atoms with E-state index in [0.29, 0.717) is 6.61 Å². The Balaban J connectivity index is 0.000000910. The predicted octanol–water partition coefficient (Wildman–Crippen LogP) is 4.12. The molecule has 0 aliphatic carbocycles. The summed E-state index contributed by atoms with van der Waals surface area (Å²) in [4.78, 5) is 10.9. The minimum Gasteiger partial charge on any atom is -0.480 e. The van der Waals surface area contributed by atoms with E-state index >= 15 is 0 Å². The molecule has 0 spiro atoms. The van der Waals surface area contributed by atoms with Crippen LogP contribution in [0.3, 0.4) is 0 Å². The smallest absolute Gasteiger partial charge is 0.208 e. The molecule has 31 heavy (non-hydrogen) atoms. The largest absolute Gasteiger partial charge is 0.480 e. The quantitative estimate of drug-likeness (QED) is 0.434. The van der Waals surface area contributed by atoms with Crippen molar-refractivity contribution in [3.8, 4) is 0 Å². The first-order valence-corrected chi connectivity index (χ1v) is 9.59. The number of hydrogen-bond donors (Lipinski definition) is 1. The molecule has 8 nitrogen and oxygen atoms in total. The first-order chi connectivity index (χ1) is 14.6. The third kappa shape index (κ3) is 6.72. The van der Waals surface area contributed by atoms with Crippen LogP contribution in [0, 0.1) is 6.08 Å². The van der Waals surface area contributed by atoms with Crippen LogP contribution in [0.25, 0.3) is 16.9 Å². The van der Waals surface area contributed by atoms with Crippen LogP contribution in [0.1, 0.15) is 32.1 Å². The summed E-state index contributed by atoms with van der Waals surface area (Å²) in [7, 11) is 1.00. The zero-order valence-electron chi connectivity index (χ0n) is 17.5. The summed E-state index contributed by atoms with van der Waals surface area (Å²) in [5, 5.41) is 7.00. The number of ether oxygens (including phenoxy) is 2. The summed E-state index contributed by atoms with van der Waals surface area (Å²) in [6, 6.07) is 9.65. The molecule has 3 atom stereocenters. The second-order valence-electron chi connectivity index (χ2n) is 6.07. The molecule has 1 aliphatic heterocycles. The van der Waals surface area contributed by atoms with Crippen LogP contribution in [-0.4, -0.2) is 50.6 Å². The fourth-order valence-electron chi connectivity index (χ4n) is 3.01. The van der Waals surface area contributed by atoms with E-state index in [1.807, 2.05) is 44.2 Å². The molecule has 1 saturated heterocycles. The molecule has 3 heterocycles. The van der Waals surface area contributed by atoms with Crippen molar-refractivity contribution in [2.45, 2.75) is 45.4 Å². The Labute approximate surface area is 193 Å². The predicted molar refractivity (Wildman–Crippen MR) is 108 cm³/mol. The van der Waals surface area contributed by atoms with Gasteiger partial charge in [0.25, 0.3) is 0 Å². The van der Waals surface area contributed by atoms with Crippen molar-refractivity contribution in [3.05, 3.63) is 54.0 Å². The number of rotatable bonds is 5. The van der Waals surface area contributed by atoms with Gasteiger partial charge < -0.3 is 25.3 Å². The minimum atomic E-state index is -1.31. The van der Waals surface area contributed by atoms with E-state index in [4.69, 9.17) is 20.3 Å². The summed E-state index contributed by atoms with van der Waals surface area (Å²) >= 11 is 0. The van der Waals surface area contributed by atoms with Crippen LogP contribution in [0.15, 0.2) is 36.7 Å². The number of aliphatic hydroxyl groups is 1. The molecule has 3 aromatic rings. The molecular formula is C20H26F2IrN5O3-. The molecule has 1 aliphatic rings. The van der Waals surface area contributed by atoms with E-state index in [2.05, 4.69) is 15.0 Å². The van der Waals surface area contributed by atoms with Crippen molar-refractivity contribution in [1.29, 1.82) is 0 Å². The Morgan fingerprint density at radius 2 is 1.90 bits per heavy atom. The van der Waals surface area contributed by atoms with E-state index < -0.39 is 24.6 Å². The Kier molecular flexibility index (Phi) is 11.7. The fourth-order valence-corrected chi connectivity index (χ4v) is 3.01. The van der Waals surface area contributed by atoms with E-state index in [1.54, 1.807) is 0 Å². The molecule has 0 bridgehead atoms. The van der Waals surface area contributed by atoms with E-state index in [9.17, 15) is 8.78 Å². The van der Waals surface area contributed by atoms with Gasteiger partial charge in [-0.3, -0.25) is 4.57 Å². The topological polar surface area (TPSA) is 106 Å². The normalized spacial score (nSPS) is 19.6. The maximum absolute atomic E-state index is 14.5. The van der Waals surface area contributed by atoms with E-state index in [0.717, 1.165) is 12.7 Å². The molecule has 2 N–H and O–H groups in total. The molecule has 0 saturated carbocycles. The maximum atomic E-state index is 14.5. The van der Waals surface area contributed by atoms with Gasteiger partial charge in [0.05, 0.1) is 25.6 Å². The number of aromatic nitrogens is 4. The number of nitrogens with zero attached hydrogens (tertiary/aromatic N) is 4. The first-order valence-electron chi connectivity index (χ1n) is 9.59. The molecule has 1 fully saturated rings. The second-order valence-corrected chi connectivity index (χ2v) is 6.07. The van der Waals surface area contributed by atoms with Crippen LogP contribution >= 0.6 is 0 Å². The van der Waals surface area contributed by atoms with Crippen LogP contribution < -0.4 is 0 Å². The van der Waals surface area contributed by atoms with Crippen LogP contribution in [0.5, 0.6) is 0 Å². The monoisotopic (exact) mass is 615 g/mol. The summed E-state index contributed by atoms with van der Waals surface area (Å²) in [5.74, 6) is -0.345. The average molecular weight is 615 g/mol. The number of nitrogens with one attached hydrogen (secondary N) is 1. The standard InChI is InChI=1S/C17H16F2N5O2.C2H6.CH4O.Ir/c18-12-6-11(8-25-7-10-4-2-1-3-5-10)26-16(12)24-9-21-13-14(20)22-17(19)23-15(13)24;2*1-2;/h1-5,9,11-12,16H,6-8H2,(H-,20,22,23);1-2H3;2H,1H3;/q-1;;;. The van der Waals surface area contributed by atoms with Gasteiger partial charge in [-0.1, -0.05) is 44.2 Å². The Morgan fingerprint density at radius 1 is 1.23 bits per heavy atom. The van der Waals surface area contributed by atoms with E-state index in [-0.39, 0.29) is 50.1 Å². The SMILES string of the molecule is CC.CO.[Ir].[NH-]c1nc(F)nc2c1ncn2C1OC(COCc2ccccc2)CC1F. The summed E-state index contributed by atoms with van der Waals surface area (Å²) in [6.45, 7) is 4.66. The number of alkyl halides is 1. The van der Waals surface area contributed by atoms with Gasteiger partial charge >= 0.3 is 0 Å². The molecule has 4 rings (SSSR count). The molecule has 1 radical (unpaired) electrons. The Hall–Kier alpha value is -2.04. The van der Waals surface area contributed by atoms with Gasteiger partial charge in [-0.05, 0) is 11.4 Å². The summed E-state index contributed by atoms with van der Waals surface area (Å²) in [6.07, 6.45) is -2.34. The van der Waals surface area contributed by atoms with Gasteiger partial charge in [-0.2, -0.15) is 4.39 Å². The molecule has 0 amide bonds. The Bertz CT molecular complexity index is 916. The first kappa shape index (κ1) is 27.0. The number of hydrogen-bond acceptors (Lipinski definition) is 6. The molecule has 11 heteroatoms. The molecule has 173 valence electrons. The number of benzene rings is 1. The van der Waals surface area contributed by atoms with Crippen molar-refractivity contribution in [2.75, 3.05) is 13.7 Å². The van der Waals surface area contributed by atoms with Crippen molar-refractivity contribution in [2.24, 2.45) is 0 Å². The number of aliphatic hydroxyl groups excluding tert-OH is 1. The van der Waals surface area contributed by atoms with Crippen molar-refractivity contribution in [3.63, 3.8) is 0 Å². The zero-order valence-corrected chi connectivity index (χ0v) is 19.9. The average Bonchev–Trinajstić information content (AvgIpc) is 3.35. The minimum absolute atomic E-state index is 0. The van der Waals surface area contributed by atoms with E-state index in [1.165, 1.54) is 10.9 Å². The number of fused-ring (bicyclic) bond motifs is 1. The van der Waals surface area contributed by atoms with Gasteiger partial charge in [0.1, 0.15) is 11.7 Å². The van der Waals surface area contributed by atoms with Gasteiger partial charge in [0, 0.05) is 33.6 Å². The fraction of sp³-hybridized carbons (Fsp3) is 0.450. The Morgan fingerprint density at radius 3 is 2.58 bits per heavy atom. The van der Waals surface area contributed by atoms with Gasteiger partial charge in [0.15, 0.2) is 11.9 Å². The van der Waals surface area contributed by atoms with Gasteiger partial charge in [0.2, 0.25) is 6.08 Å². The maximum Gasteiger partial charge on any atom is 0.208 e. The third-order valence-electron chi connectivity index (χ3n) is 4.21. The zero-order chi connectivity index (χ0) is 22.1. The number of halogens is 2. The van der Waals surface area contributed by atoms with Crippen LogP contribution in [-0.2, 0) is 36.2 Å². The molecular weight excluding hydrogens is 588 g/mol. The van der Waals surface area contributed by atoms with Crippen molar-refractivity contribution in [1.82, 2.24) is 19.5 Å². The summed E-state index contributed by atoms with van der Waals surface area (Å²) < 4.78 is 40.5. The number of imidazole rings is 1. The van der Waals surface area contributed by atoms with Crippen LogP contribution in [0.2, 0.25) is 0 Å². The van der Waals surface area contributed by atoms with Crippen molar-refractivity contribution >= 4 is 17.0 Å². The van der Waals surface area contributed by atoms with Crippen LogP contribution in [0.4, 0.5) is 14.6 Å². The summed E-state index contributed by atoms with van der Waals surface area (Å²) in [5.41, 5.74) is 8.80.